The molecule has 130 valence electrons. The second kappa shape index (κ2) is 7.66. The van der Waals surface area contributed by atoms with Crippen molar-refractivity contribution in [3.63, 3.8) is 0 Å². The lowest BCUT2D eigenvalue weighted by Gasteiger charge is -2.21. The SMILES string of the molecule is CN(C[C@H]1CCCO1)C(=O)NCc1cccc(N2CCCC2=O)c1. The van der Waals surface area contributed by atoms with Crippen molar-refractivity contribution in [2.45, 2.75) is 38.3 Å². The molecular weight excluding hydrogens is 306 g/mol. The minimum atomic E-state index is -0.104. The summed E-state index contributed by atoms with van der Waals surface area (Å²) in [5.74, 6) is 0.174. The van der Waals surface area contributed by atoms with E-state index in [1.807, 2.05) is 29.2 Å². The first-order valence-electron chi connectivity index (χ1n) is 8.63. The Morgan fingerprint density at radius 1 is 1.42 bits per heavy atom. The first kappa shape index (κ1) is 16.8. The Morgan fingerprint density at radius 3 is 3.00 bits per heavy atom. The molecule has 1 aromatic carbocycles. The van der Waals surface area contributed by atoms with Gasteiger partial charge in [0.15, 0.2) is 0 Å². The summed E-state index contributed by atoms with van der Waals surface area (Å²) in [5.41, 5.74) is 1.91. The number of benzene rings is 1. The molecule has 0 unspecified atom stereocenters. The molecule has 2 heterocycles. The van der Waals surface area contributed by atoms with E-state index >= 15 is 0 Å². The van der Waals surface area contributed by atoms with E-state index in [-0.39, 0.29) is 18.0 Å². The zero-order valence-corrected chi connectivity index (χ0v) is 14.2. The maximum Gasteiger partial charge on any atom is 0.317 e. The van der Waals surface area contributed by atoms with Gasteiger partial charge in [0.1, 0.15) is 0 Å². The predicted molar refractivity (Wildman–Crippen MR) is 91.9 cm³/mol. The third-order valence-corrected chi connectivity index (χ3v) is 4.59. The second-order valence-electron chi connectivity index (χ2n) is 6.49. The Labute approximate surface area is 142 Å². The lowest BCUT2D eigenvalue weighted by molar-refractivity contribution is -0.117. The summed E-state index contributed by atoms with van der Waals surface area (Å²) in [7, 11) is 1.79. The van der Waals surface area contributed by atoms with Crippen molar-refractivity contribution in [1.82, 2.24) is 10.2 Å². The van der Waals surface area contributed by atoms with Gasteiger partial charge in [0, 0.05) is 45.4 Å². The van der Waals surface area contributed by atoms with E-state index in [1.54, 1.807) is 11.9 Å². The zero-order chi connectivity index (χ0) is 16.9. The number of amides is 3. The number of rotatable bonds is 5. The molecule has 0 aromatic heterocycles. The number of hydrogen-bond acceptors (Lipinski definition) is 3. The highest BCUT2D eigenvalue weighted by Crippen LogP contribution is 2.22. The van der Waals surface area contributed by atoms with Gasteiger partial charge in [0.05, 0.1) is 6.10 Å². The minimum Gasteiger partial charge on any atom is -0.376 e. The van der Waals surface area contributed by atoms with Crippen LogP contribution in [0.3, 0.4) is 0 Å². The Morgan fingerprint density at radius 2 is 2.29 bits per heavy atom. The van der Waals surface area contributed by atoms with Gasteiger partial charge in [-0.15, -0.1) is 0 Å². The van der Waals surface area contributed by atoms with Crippen LogP contribution in [-0.2, 0) is 16.1 Å². The molecule has 2 fully saturated rings. The number of urea groups is 1. The Bertz CT molecular complexity index is 599. The smallest absolute Gasteiger partial charge is 0.317 e. The molecule has 6 heteroatoms. The highest BCUT2D eigenvalue weighted by Gasteiger charge is 2.22. The van der Waals surface area contributed by atoms with E-state index in [0.717, 1.165) is 43.7 Å². The Hall–Kier alpha value is -2.08. The quantitative estimate of drug-likeness (QED) is 0.899. The summed E-state index contributed by atoms with van der Waals surface area (Å²) < 4.78 is 5.56. The lowest BCUT2D eigenvalue weighted by atomic mass is 10.2. The first-order valence-corrected chi connectivity index (χ1v) is 8.63. The fourth-order valence-electron chi connectivity index (χ4n) is 3.24. The number of carbonyl (C=O) groups excluding carboxylic acids is 2. The highest BCUT2D eigenvalue weighted by molar-refractivity contribution is 5.95. The first-order chi connectivity index (χ1) is 11.6. The molecule has 3 amide bonds. The van der Waals surface area contributed by atoms with Gasteiger partial charge >= 0.3 is 6.03 Å². The average Bonchev–Trinajstić information content (AvgIpc) is 3.24. The fraction of sp³-hybridized carbons (Fsp3) is 0.556. The van der Waals surface area contributed by atoms with Crippen molar-refractivity contribution in [3.05, 3.63) is 29.8 Å². The van der Waals surface area contributed by atoms with Crippen LogP contribution in [0.15, 0.2) is 24.3 Å². The molecule has 0 bridgehead atoms. The second-order valence-corrected chi connectivity index (χ2v) is 6.49. The van der Waals surface area contributed by atoms with Crippen molar-refractivity contribution in [2.75, 3.05) is 31.6 Å². The minimum absolute atomic E-state index is 0.104. The van der Waals surface area contributed by atoms with Crippen LogP contribution < -0.4 is 10.2 Å². The predicted octanol–water partition coefficient (Wildman–Crippen LogP) is 2.13. The molecule has 0 radical (unpaired) electrons. The number of likely N-dealkylation sites (N-methyl/N-ethyl adjacent to an activating group) is 1. The molecule has 1 N–H and O–H groups in total. The van der Waals surface area contributed by atoms with Crippen LogP contribution >= 0.6 is 0 Å². The Kier molecular flexibility index (Phi) is 5.35. The summed E-state index contributed by atoms with van der Waals surface area (Å²) >= 11 is 0. The van der Waals surface area contributed by atoms with Crippen LogP contribution in [0.5, 0.6) is 0 Å². The standard InChI is InChI=1S/C18H25N3O3/c1-20(13-16-7-4-10-24-16)18(23)19-12-14-5-2-6-15(11-14)21-9-3-8-17(21)22/h2,5-6,11,16H,3-4,7-10,12-13H2,1H3,(H,19,23)/t16-/m1/s1. The van der Waals surface area contributed by atoms with E-state index in [0.29, 0.717) is 19.5 Å². The normalized spacial score (nSPS) is 20.5. The molecular formula is C18H25N3O3. The van der Waals surface area contributed by atoms with E-state index < -0.39 is 0 Å². The fourth-order valence-corrected chi connectivity index (χ4v) is 3.24. The van der Waals surface area contributed by atoms with Gasteiger partial charge in [-0.1, -0.05) is 12.1 Å². The van der Waals surface area contributed by atoms with Crippen molar-refractivity contribution in [3.8, 4) is 0 Å². The average molecular weight is 331 g/mol. The van der Waals surface area contributed by atoms with Gasteiger partial charge in [0.25, 0.3) is 0 Å². The molecule has 2 aliphatic heterocycles. The lowest BCUT2D eigenvalue weighted by Crippen LogP contribution is -2.40. The van der Waals surface area contributed by atoms with E-state index in [1.165, 1.54) is 0 Å². The topological polar surface area (TPSA) is 61.9 Å². The van der Waals surface area contributed by atoms with Crippen LogP contribution in [0.4, 0.5) is 10.5 Å². The molecule has 0 saturated carbocycles. The molecule has 0 spiro atoms. The van der Waals surface area contributed by atoms with Crippen LogP contribution in [0.1, 0.15) is 31.2 Å². The van der Waals surface area contributed by atoms with Gasteiger partial charge in [0.2, 0.25) is 5.91 Å². The maximum absolute atomic E-state index is 12.2. The third-order valence-electron chi connectivity index (χ3n) is 4.59. The van der Waals surface area contributed by atoms with E-state index in [2.05, 4.69) is 5.32 Å². The molecule has 2 aliphatic rings. The van der Waals surface area contributed by atoms with Crippen molar-refractivity contribution in [2.24, 2.45) is 0 Å². The van der Waals surface area contributed by atoms with Crippen molar-refractivity contribution >= 4 is 17.6 Å². The summed E-state index contributed by atoms with van der Waals surface area (Å²) in [6, 6.07) is 7.71. The van der Waals surface area contributed by atoms with Gasteiger partial charge in [-0.25, -0.2) is 4.79 Å². The number of hydrogen-bond donors (Lipinski definition) is 1. The molecule has 1 atom stereocenters. The van der Waals surface area contributed by atoms with E-state index in [4.69, 9.17) is 4.74 Å². The van der Waals surface area contributed by atoms with Crippen LogP contribution in [0.25, 0.3) is 0 Å². The Balaban J connectivity index is 1.52. The van der Waals surface area contributed by atoms with Gasteiger partial charge in [-0.3, -0.25) is 4.79 Å². The molecule has 1 aromatic rings. The molecule has 3 rings (SSSR count). The molecule has 24 heavy (non-hydrogen) atoms. The largest absolute Gasteiger partial charge is 0.376 e. The summed E-state index contributed by atoms with van der Waals surface area (Å²) in [6.45, 7) is 2.64. The highest BCUT2D eigenvalue weighted by atomic mass is 16.5. The number of nitrogens with one attached hydrogen (secondary N) is 1. The van der Waals surface area contributed by atoms with Crippen molar-refractivity contribution in [1.29, 1.82) is 0 Å². The summed E-state index contributed by atoms with van der Waals surface area (Å²) in [6.07, 6.45) is 3.78. The van der Waals surface area contributed by atoms with Crippen LogP contribution in [0.2, 0.25) is 0 Å². The zero-order valence-electron chi connectivity index (χ0n) is 14.2. The number of nitrogens with zero attached hydrogens (tertiary/aromatic N) is 2. The van der Waals surface area contributed by atoms with Crippen LogP contribution in [-0.4, -0.2) is 49.7 Å². The third kappa shape index (κ3) is 4.06. The summed E-state index contributed by atoms with van der Waals surface area (Å²) in [5, 5.41) is 2.93. The van der Waals surface area contributed by atoms with Crippen molar-refractivity contribution < 1.29 is 14.3 Å². The van der Waals surface area contributed by atoms with Crippen LogP contribution in [0, 0.1) is 0 Å². The molecule has 0 aliphatic carbocycles. The number of carbonyl (C=O) groups is 2. The van der Waals surface area contributed by atoms with Gasteiger partial charge in [-0.05, 0) is 37.0 Å². The maximum atomic E-state index is 12.2. The number of anilines is 1. The van der Waals surface area contributed by atoms with E-state index in [9.17, 15) is 9.59 Å². The van der Waals surface area contributed by atoms with Gasteiger partial charge < -0.3 is 19.9 Å². The molecule has 2 saturated heterocycles. The number of ether oxygens (including phenoxy) is 1. The summed E-state index contributed by atoms with van der Waals surface area (Å²) in [4.78, 5) is 27.5. The molecule has 6 nitrogen and oxygen atoms in total. The van der Waals surface area contributed by atoms with Gasteiger partial charge in [-0.2, -0.15) is 0 Å². The monoisotopic (exact) mass is 331 g/mol.